The molecule has 0 bridgehead atoms. The maximum Gasteiger partial charge on any atom is 0.150 e. The average Bonchev–Trinajstić information content (AvgIpc) is 2.20. The lowest BCUT2D eigenvalue weighted by molar-refractivity contribution is 0.957. The third-order valence-electron chi connectivity index (χ3n) is 1.83. The van der Waals surface area contributed by atoms with Gasteiger partial charge in [-0.15, -0.1) is 0 Å². The number of nitriles is 1. The molecule has 1 N–H and O–H groups in total. The molecular formula is C9H5BrN4. The second-order valence-corrected chi connectivity index (χ2v) is 3.62. The van der Waals surface area contributed by atoms with Crippen molar-refractivity contribution in [3.05, 3.63) is 40.1 Å². The molecule has 68 valence electrons. The summed E-state index contributed by atoms with van der Waals surface area (Å²) in [7, 11) is 0. The molecule has 0 spiro atoms. The van der Waals surface area contributed by atoms with Gasteiger partial charge < -0.3 is 0 Å². The molecule has 2 aromatic heterocycles. The largest absolute Gasteiger partial charge is 0.284 e. The first-order valence-electron chi connectivity index (χ1n) is 3.84. The summed E-state index contributed by atoms with van der Waals surface area (Å²) in [5.74, 6) is 0. The zero-order valence-electron chi connectivity index (χ0n) is 7.03. The van der Waals surface area contributed by atoms with E-state index in [-0.39, 0.29) is 11.1 Å². The van der Waals surface area contributed by atoms with Crippen LogP contribution in [0.4, 0.5) is 0 Å². The van der Waals surface area contributed by atoms with E-state index in [1.54, 1.807) is 16.7 Å². The van der Waals surface area contributed by atoms with Crippen molar-refractivity contribution in [1.29, 1.82) is 10.7 Å². The van der Waals surface area contributed by atoms with Gasteiger partial charge in [-0.1, -0.05) is 0 Å². The Kier molecular flexibility index (Phi) is 2.06. The lowest BCUT2D eigenvalue weighted by Gasteiger charge is -2.01. The van der Waals surface area contributed by atoms with Gasteiger partial charge in [0, 0.05) is 10.7 Å². The summed E-state index contributed by atoms with van der Waals surface area (Å²) in [6.45, 7) is 0. The van der Waals surface area contributed by atoms with Gasteiger partial charge >= 0.3 is 0 Å². The van der Waals surface area contributed by atoms with Gasteiger partial charge in [0.15, 0.2) is 0 Å². The Morgan fingerprint density at radius 3 is 3.00 bits per heavy atom. The number of nitrogens with zero attached hydrogens (tertiary/aromatic N) is 3. The molecule has 0 aliphatic carbocycles. The summed E-state index contributed by atoms with van der Waals surface area (Å²) in [4.78, 5) is 4.05. The maximum absolute atomic E-state index is 8.71. The van der Waals surface area contributed by atoms with E-state index < -0.39 is 0 Å². The summed E-state index contributed by atoms with van der Waals surface area (Å²) >= 11 is 3.30. The summed E-state index contributed by atoms with van der Waals surface area (Å²) < 4.78 is 2.41. The Morgan fingerprint density at radius 2 is 2.29 bits per heavy atom. The molecule has 0 saturated heterocycles. The molecule has 0 saturated carbocycles. The molecule has 0 amide bonds. The fourth-order valence-corrected chi connectivity index (χ4v) is 1.49. The van der Waals surface area contributed by atoms with Crippen LogP contribution in [0, 0.1) is 16.7 Å². The maximum atomic E-state index is 8.71. The molecule has 0 atom stereocenters. The zero-order valence-corrected chi connectivity index (χ0v) is 8.62. The van der Waals surface area contributed by atoms with Crippen molar-refractivity contribution >= 4 is 21.6 Å². The Balaban J connectivity index is 2.96. The molecule has 0 aliphatic rings. The second-order valence-electron chi connectivity index (χ2n) is 2.71. The third-order valence-corrected chi connectivity index (χ3v) is 2.30. The standard InChI is InChI=1S/C9H5BrN4/c10-7-1-2-8-13-4-6(3-11)9(12)14(8)5-7/h1-2,4-5,12H. The van der Waals surface area contributed by atoms with Gasteiger partial charge in [-0.2, -0.15) is 5.26 Å². The van der Waals surface area contributed by atoms with E-state index in [4.69, 9.17) is 10.7 Å². The summed E-state index contributed by atoms with van der Waals surface area (Å²) in [6, 6.07) is 5.54. The monoisotopic (exact) mass is 248 g/mol. The van der Waals surface area contributed by atoms with Gasteiger partial charge in [0.2, 0.25) is 0 Å². The van der Waals surface area contributed by atoms with Gasteiger partial charge in [0.1, 0.15) is 22.8 Å². The molecule has 2 aromatic rings. The van der Waals surface area contributed by atoms with E-state index in [9.17, 15) is 0 Å². The predicted molar refractivity (Wildman–Crippen MR) is 53.5 cm³/mol. The molecule has 0 fully saturated rings. The highest BCUT2D eigenvalue weighted by Crippen LogP contribution is 2.08. The second kappa shape index (κ2) is 3.24. The molecule has 0 aromatic carbocycles. The first-order valence-corrected chi connectivity index (χ1v) is 4.63. The zero-order chi connectivity index (χ0) is 10.1. The molecule has 14 heavy (non-hydrogen) atoms. The van der Waals surface area contributed by atoms with Crippen LogP contribution in [0.3, 0.4) is 0 Å². The predicted octanol–water partition coefficient (Wildman–Crippen LogP) is 1.45. The number of hydrogen-bond donors (Lipinski definition) is 1. The molecule has 2 rings (SSSR count). The minimum absolute atomic E-state index is 0.152. The van der Waals surface area contributed by atoms with Crippen molar-refractivity contribution in [2.45, 2.75) is 0 Å². The van der Waals surface area contributed by atoms with Crippen molar-refractivity contribution in [2.24, 2.45) is 0 Å². The number of halogens is 1. The fourth-order valence-electron chi connectivity index (χ4n) is 1.15. The molecule has 2 heterocycles. The van der Waals surface area contributed by atoms with Crippen molar-refractivity contribution in [3.8, 4) is 6.07 Å². The first kappa shape index (κ1) is 8.91. The Hall–Kier alpha value is -1.67. The van der Waals surface area contributed by atoms with E-state index in [0.29, 0.717) is 5.65 Å². The highest BCUT2D eigenvalue weighted by molar-refractivity contribution is 9.10. The van der Waals surface area contributed by atoms with Gasteiger partial charge in [-0.05, 0) is 28.1 Å². The lowest BCUT2D eigenvalue weighted by Crippen LogP contribution is -2.17. The van der Waals surface area contributed by atoms with Gasteiger partial charge in [0.25, 0.3) is 0 Å². The Bertz CT molecular complexity index is 594. The van der Waals surface area contributed by atoms with Crippen LogP contribution >= 0.6 is 15.9 Å². The topological polar surface area (TPSA) is 64.9 Å². The lowest BCUT2D eigenvalue weighted by atomic mass is 10.3. The number of nitrogens with one attached hydrogen (secondary N) is 1. The van der Waals surface area contributed by atoms with Crippen molar-refractivity contribution in [3.63, 3.8) is 0 Å². The Labute approximate surface area is 88.1 Å². The first-order chi connectivity index (χ1) is 6.72. The van der Waals surface area contributed by atoms with Crippen LogP contribution in [0.1, 0.15) is 5.56 Å². The number of pyridine rings is 1. The van der Waals surface area contributed by atoms with Crippen molar-refractivity contribution in [1.82, 2.24) is 9.38 Å². The van der Waals surface area contributed by atoms with Crippen LogP contribution < -0.4 is 5.49 Å². The minimum Gasteiger partial charge on any atom is -0.284 e. The van der Waals surface area contributed by atoms with Crippen molar-refractivity contribution in [2.75, 3.05) is 0 Å². The molecule has 5 heteroatoms. The quantitative estimate of drug-likeness (QED) is 0.767. The van der Waals surface area contributed by atoms with E-state index in [1.165, 1.54) is 6.20 Å². The Morgan fingerprint density at radius 1 is 1.50 bits per heavy atom. The van der Waals surface area contributed by atoms with E-state index in [1.807, 2.05) is 12.1 Å². The number of hydrogen-bond acceptors (Lipinski definition) is 3. The van der Waals surface area contributed by atoms with Crippen LogP contribution in [0.25, 0.3) is 5.65 Å². The summed E-state index contributed by atoms with van der Waals surface area (Å²) in [5, 5.41) is 16.4. The fraction of sp³-hybridized carbons (Fsp3) is 0. The van der Waals surface area contributed by atoms with E-state index in [2.05, 4.69) is 20.9 Å². The van der Waals surface area contributed by atoms with Gasteiger partial charge in [-0.25, -0.2) is 4.98 Å². The smallest absolute Gasteiger partial charge is 0.150 e. The van der Waals surface area contributed by atoms with Crippen LogP contribution in [-0.4, -0.2) is 9.38 Å². The minimum atomic E-state index is 0.152. The van der Waals surface area contributed by atoms with Crippen molar-refractivity contribution < 1.29 is 0 Å². The molecule has 0 aliphatic heterocycles. The normalized spacial score (nSPS) is 10.0. The molecule has 0 unspecified atom stereocenters. The van der Waals surface area contributed by atoms with Crippen LogP contribution in [0.5, 0.6) is 0 Å². The van der Waals surface area contributed by atoms with Gasteiger partial charge in [-0.3, -0.25) is 9.81 Å². The highest BCUT2D eigenvalue weighted by atomic mass is 79.9. The molecule has 0 radical (unpaired) electrons. The number of aromatic nitrogens is 2. The van der Waals surface area contributed by atoms with Crippen LogP contribution in [0.15, 0.2) is 29.0 Å². The molecular weight excluding hydrogens is 244 g/mol. The third kappa shape index (κ3) is 1.30. The highest BCUT2D eigenvalue weighted by Gasteiger charge is 2.00. The average molecular weight is 249 g/mol. The summed E-state index contributed by atoms with van der Waals surface area (Å²) in [6.07, 6.45) is 3.12. The number of fused-ring (bicyclic) bond motifs is 1. The molecule has 4 nitrogen and oxygen atoms in total. The van der Waals surface area contributed by atoms with Crippen LogP contribution in [0.2, 0.25) is 0 Å². The van der Waals surface area contributed by atoms with Crippen LogP contribution in [-0.2, 0) is 0 Å². The van der Waals surface area contributed by atoms with Gasteiger partial charge in [0.05, 0.1) is 6.20 Å². The van der Waals surface area contributed by atoms with E-state index >= 15 is 0 Å². The SMILES string of the molecule is N#Cc1cnc2ccc(Br)cn2c1=N. The number of rotatable bonds is 0. The summed E-state index contributed by atoms with van der Waals surface area (Å²) in [5.41, 5.74) is 1.07. The van der Waals surface area contributed by atoms with E-state index in [0.717, 1.165) is 4.47 Å².